The Morgan fingerprint density at radius 1 is 1.38 bits per heavy atom. The Morgan fingerprint density at radius 3 is 2.62 bits per heavy atom. The van der Waals surface area contributed by atoms with E-state index in [-0.39, 0.29) is 0 Å². The molecule has 0 aliphatic heterocycles. The summed E-state index contributed by atoms with van der Waals surface area (Å²) in [5.74, 6) is 0.664. The van der Waals surface area contributed by atoms with Crippen LogP contribution in [-0.2, 0) is 13.0 Å². The average molecular weight is 222 g/mol. The van der Waals surface area contributed by atoms with Crippen molar-refractivity contribution >= 4 is 0 Å². The molecular weight excluding hydrogens is 198 g/mol. The highest BCUT2D eigenvalue weighted by Gasteiger charge is 2.08. The molecule has 1 radical (unpaired) electrons. The lowest BCUT2D eigenvalue weighted by molar-refractivity contribution is 0.385. The Labute approximate surface area is 99.5 Å². The summed E-state index contributed by atoms with van der Waals surface area (Å²) >= 11 is 0. The van der Waals surface area contributed by atoms with E-state index in [4.69, 9.17) is 0 Å². The van der Waals surface area contributed by atoms with Gasteiger partial charge in [-0.05, 0) is 46.3 Å². The summed E-state index contributed by atoms with van der Waals surface area (Å²) in [4.78, 5) is 6.59. The van der Waals surface area contributed by atoms with Crippen LogP contribution in [0.5, 0.6) is 0 Å². The van der Waals surface area contributed by atoms with Crippen LogP contribution in [0.3, 0.4) is 0 Å². The molecule has 16 heavy (non-hydrogen) atoms. The first kappa shape index (κ1) is 13.2. The van der Waals surface area contributed by atoms with Gasteiger partial charge in [0.15, 0.2) is 6.33 Å². The predicted molar refractivity (Wildman–Crippen MR) is 67.5 cm³/mol. The molecular formula is C13H24N3. The first-order valence-corrected chi connectivity index (χ1v) is 6.09. The fraction of sp³-hybridized carbons (Fsp3) is 0.769. The van der Waals surface area contributed by atoms with Gasteiger partial charge in [0.2, 0.25) is 0 Å². The lowest BCUT2D eigenvalue weighted by Crippen LogP contribution is -2.15. The zero-order valence-electron chi connectivity index (χ0n) is 11.2. The van der Waals surface area contributed by atoms with Crippen LogP contribution < -0.4 is 0 Å². The topological polar surface area (TPSA) is 21.1 Å². The third kappa shape index (κ3) is 3.97. The van der Waals surface area contributed by atoms with Crippen LogP contribution in [0, 0.1) is 19.2 Å². The van der Waals surface area contributed by atoms with Gasteiger partial charge in [-0.3, -0.25) is 0 Å². The maximum absolute atomic E-state index is 4.38. The van der Waals surface area contributed by atoms with E-state index < -0.39 is 0 Å². The first-order chi connectivity index (χ1) is 7.50. The van der Waals surface area contributed by atoms with Crippen molar-refractivity contribution in [2.75, 3.05) is 20.6 Å². The molecule has 0 aliphatic carbocycles. The summed E-state index contributed by atoms with van der Waals surface area (Å²) in [5.41, 5.74) is 2.49. The molecule has 0 unspecified atom stereocenters. The van der Waals surface area contributed by atoms with Crippen LogP contribution >= 0.6 is 0 Å². The summed E-state index contributed by atoms with van der Waals surface area (Å²) in [6.45, 7) is 8.74. The molecule has 0 aromatic carbocycles. The van der Waals surface area contributed by atoms with E-state index in [1.165, 1.54) is 11.4 Å². The zero-order chi connectivity index (χ0) is 12.1. The molecule has 0 fully saturated rings. The van der Waals surface area contributed by atoms with Crippen molar-refractivity contribution in [3.63, 3.8) is 0 Å². The average Bonchev–Trinajstić information content (AvgIpc) is 2.48. The summed E-state index contributed by atoms with van der Waals surface area (Å²) < 4.78 is 2.15. The molecule has 0 spiro atoms. The van der Waals surface area contributed by atoms with Gasteiger partial charge in [0, 0.05) is 12.2 Å². The molecule has 0 atom stereocenters. The molecule has 0 bridgehead atoms. The van der Waals surface area contributed by atoms with Crippen LogP contribution in [0.25, 0.3) is 0 Å². The van der Waals surface area contributed by atoms with Gasteiger partial charge < -0.3 is 9.47 Å². The Hall–Kier alpha value is -0.830. The molecule has 0 saturated carbocycles. The van der Waals surface area contributed by atoms with Crippen molar-refractivity contribution in [1.29, 1.82) is 0 Å². The molecule has 0 N–H and O–H groups in total. The number of aryl methyl sites for hydroxylation is 1. The van der Waals surface area contributed by atoms with Crippen molar-refractivity contribution < 1.29 is 0 Å². The van der Waals surface area contributed by atoms with Gasteiger partial charge in [-0.1, -0.05) is 13.8 Å². The second-order valence-electron chi connectivity index (χ2n) is 5.15. The van der Waals surface area contributed by atoms with Gasteiger partial charge in [0.1, 0.15) is 0 Å². The Bertz CT molecular complexity index is 313. The standard InChI is InChI=1S/C13H24N3/c1-11(2)9-13-12(3)16(10-14-13)8-6-7-15(4)5/h11H,6-9H2,1-5H3. The quantitative estimate of drug-likeness (QED) is 0.735. The highest BCUT2D eigenvalue weighted by Crippen LogP contribution is 2.11. The van der Waals surface area contributed by atoms with Crippen LogP contribution in [0.15, 0.2) is 0 Å². The third-order valence-electron chi connectivity index (χ3n) is 2.72. The van der Waals surface area contributed by atoms with Gasteiger partial charge in [-0.2, -0.15) is 0 Å². The summed E-state index contributed by atoms with van der Waals surface area (Å²) in [6, 6.07) is 0. The molecule has 1 rings (SSSR count). The fourth-order valence-corrected chi connectivity index (χ4v) is 1.78. The monoisotopic (exact) mass is 222 g/mol. The second-order valence-corrected chi connectivity index (χ2v) is 5.15. The SMILES string of the molecule is Cc1c(CC(C)C)n[c]n1CCCN(C)C. The van der Waals surface area contributed by atoms with E-state index >= 15 is 0 Å². The smallest absolute Gasteiger partial charge is 0.176 e. The van der Waals surface area contributed by atoms with E-state index in [1.807, 2.05) is 0 Å². The van der Waals surface area contributed by atoms with Gasteiger partial charge >= 0.3 is 0 Å². The largest absolute Gasteiger partial charge is 0.325 e. The van der Waals surface area contributed by atoms with E-state index in [0.29, 0.717) is 5.92 Å². The fourth-order valence-electron chi connectivity index (χ4n) is 1.78. The molecule has 3 nitrogen and oxygen atoms in total. The Kier molecular flexibility index (Phi) is 5.00. The van der Waals surface area contributed by atoms with Crippen LogP contribution in [-0.4, -0.2) is 35.1 Å². The normalized spacial score (nSPS) is 11.7. The highest BCUT2D eigenvalue weighted by atomic mass is 15.1. The summed E-state index contributed by atoms with van der Waals surface area (Å²) in [7, 11) is 4.21. The molecule has 91 valence electrons. The molecule has 3 heteroatoms. The maximum Gasteiger partial charge on any atom is 0.176 e. The number of hydrogen-bond donors (Lipinski definition) is 0. The van der Waals surface area contributed by atoms with Crippen LogP contribution in [0.1, 0.15) is 31.7 Å². The molecule has 0 saturated heterocycles. The van der Waals surface area contributed by atoms with E-state index in [1.54, 1.807) is 0 Å². The lowest BCUT2D eigenvalue weighted by Gasteiger charge is -2.10. The van der Waals surface area contributed by atoms with Crippen molar-refractivity contribution in [3.05, 3.63) is 17.7 Å². The molecule has 1 aromatic heterocycles. The van der Waals surface area contributed by atoms with Crippen LogP contribution in [0.4, 0.5) is 0 Å². The van der Waals surface area contributed by atoms with Crippen LogP contribution in [0.2, 0.25) is 0 Å². The Morgan fingerprint density at radius 2 is 2.06 bits per heavy atom. The summed E-state index contributed by atoms with van der Waals surface area (Å²) in [5, 5.41) is 0. The van der Waals surface area contributed by atoms with Crippen molar-refractivity contribution in [3.8, 4) is 0 Å². The Balaban J connectivity index is 2.51. The number of rotatable bonds is 6. The van der Waals surface area contributed by atoms with Gasteiger partial charge in [-0.25, -0.2) is 4.98 Å². The van der Waals surface area contributed by atoms with E-state index in [2.05, 4.69) is 55.6 Å². The lowest BCUT2D eigenvalue weighted by atomic mass is 10.1. The van der Waals surface area contributed by atoms with Gasteiger partial charge in [0.25, 0.3) is 0 Å². The highest BCUT2D eigenvalue weighted by molar-refractivity contribution is 5.11. The van der Waals surface area contributed by atoms with E-state index in [0.717, 1.165) is 25.9 Å². The van der Waals surface area contributed by atoms with Gasteiger partial charge in [0.05, 0.1) is 5.69 Å². The zero-order valence-corrected chi connectivity index (χ0v) is 11.2. The van der Waals surface area contributed by atoms with Crippen molar-refractivity contribution in [1.82, 2.24) is 14.5 Å². The second kappa shape index (κ2) is 6.04. The number of aromatic nitrogens is 2. The number of nitrogens with zero attached hydrogens (tertiary/aromatic N) is 3. The number of imidazole rings is 1. The molecule has 0 aliphatic rings. The minimum atomic E-state index is 0.664. The van der Waals surface area contributed by atoms with Gasteiger partial charge in [-0.15, -0.1) is 0 Å². The summed E-state index contributed by atoms with van der Waals surface area (Å²) in [6.07, 6.45) is 5.31. The minimum absolute atomic E-state index is 0.664. The predicted octanol–water partition coefficient (Wildman–Crippen LogP) is 2.14. The van der Waals surface area contributed by atoms with E-state index in [9.17, 15) is 0 Å². The molecule has 1 aromatic rings. The molecule has 1 heterocycles. The first-order valence-electron chi connectivity index (χ1n) is 6.09. The van der Waals surface area contributed by atoms with Crippen molar-refractivity contribution in [2.45, 2.75) is 40.2 Å². The number of hydrogen-bond acceptors (Lipinski definition) is 2. The molecule has 0 amide bonds. The third-order valence-corrected chi connectivity index (χ3v) is 2.72. The maximum atomic E-state index is 4.38. The van der Waals surface area contributed by atoms with Crippen molar-refractivity contribution in [2.24, 2.45) is 5.92 Å². The minimum Gasteiger partial charge on any atom is -0.325 e.